The van der Waals surface area contributed by atoms with Crippen LogP contribution in [-0.4, -0.2) is 33.2 Å². The average molecular weight is 345 g/mol. The summed E-state index contributed by atoms with van der Waals surface area (Å²) in [5.74, 6) is 1.41. The first-order valence-electron chi connectivity index (χ1n) is 9.47. The second-order valence-corrected chi connectivity index (χ2v) is 11.1. The van der Waals surface area contributed by atoms with Crippen molar-refractivity contribution in [2.24, 2.45) is 5.41 Å². The van der Waals surface area contributed by atoms with Gasteiger partial charge in [0.15, 0.2) is 0 Å². The van der Waals surface area contributed by atoms with Gasteiger partial charge in [0, 0.05) is 22.4 Å². The Kier molecular flexibility index (Phi) is 8.49. The summed E-state index contributed by atoms with van der Waals surface area (Å²) in [4.78, 5) is 0. The van der Waals surface area contributed by atoms with Gasteiger partial charge in [0.2, 0.25) is 0 Å². The second kappa shape index (κ2) is 9.84. The molecule has 0 spiro atoms. The summed E-state index contributed by atoms with van der Waals surface area (Å²) in [5, 5.41) is 12.2. The smallest absolute Gasteiger partial charge is 0.0482 e. The zero-order valence-electron chi connectivity index (χ0n) is 14.7. The molecule has 0 saturated carbocycles. The maximum atomic E-state index is 9.29. The zero-order valence-corrected chi connectivity index (χ0v) is 16.3. The molecule has 3 heteroatoms. The molecule has 1 N–H and O–H groups in total. The van der Waals surface area contributed by atoms with Gasteiger partial charge in [-0.15, -0.1) is 0 Å². The first kappa shape index (κ1) is 19.0. The molecule has 1 nitrogen and oxygen atoms in total. The highest BCUT2D eigenvalue weighted by Crippen LogP contribution is 2.40. The summed E-state index contributed by atoms with van der Waals surface area (Å²) in [6.45, 7) is 4.68. The average Bonchev–Trinajstić information content (AvgIpc) is 3.16. The van der Waals surface area contributed by atoms with E-state index < -0.39 is 0 Å². The lowest BCUT2D eigenvalue weighted by atomic mass is 9.88. The molecule has 2 fully saturated rings. The third-order valence-corrected chi connectivity index (χ3v) is 8.51. The minimum atomic E-state index is 0.129. The van der Waals surface area contributed by atoms with Crippen LogP contribution in [0.3, 0.4) is 0 Å². The highest BCUT2D eigenvalue weighted by molar-refractivity contribution is 8.00. The monoisotopic (exact) mass is 344 g/mol. The largest absolute Gasteiger partial charge is 0.396 e. The van der Waals surface area contributed by atoms with E-state index in [-0.39, 0.29) is 5.41 Å². The molecule has 2 aliphatic heterocycles. The summed E-state index contributed by atoms with van der Waals surface area (Å²) in [7, 11) is 0. The third-order valence-electron chi connectivity index (χ3n) is 5.33. The van der Waals surface area contributed by atoms with Crippen molar-refractivity contribution in [1.82, 2.24) is 0 Å². The van der Waals surface area contributed by atoms with Crippen molar-refractivity contribution in [3.63, 3.8) is 0 Å². The summed E-state index contributed by atoms with van der Waals surface area (Å²) in [6, 6.07) is 0. The molecule has 0 bridgehead atoms. The standard InChI is InChI=1S/C19H36OS2/c1-19(2,15-20)13-4-3-7-17-11-12-18(22-17)9-5-8-16-10-6-14-21-16/h16-18,20H,3-15H2,1-2H3. The van der Waals surface area contributed by atoms with Gasteiger partial charge in [-0.05, 0) is 62.5 Å². The van der Waals surface area contributed by atoms with Gasteiger partial charge < -0.3 is 5.11 Å². The number of hydrogen-bond donors (Lipinski definition) is 1. The van der Waals surface area contributed by atoms with Crippen molar-refractivity contribution in [1.29, 1.82) is 0 Å². The lowest BCUT2D eigenvalue weighted by molar-refractivity contribution is 0.147. The van der Waals surface area contributed by atoms with Crippen molar-refractivity contribution in [2.45, 2.75) is 100 Å². The predicted molar refractivity (Wildman–Crippen MR) is 103 cm³/mol. The van der Waals surface area contributed by atoms with Crippen LogP contribution in [0, 0.1) is 5.41 Å². The molecule has 0 radical (unpaired) electrons. The van der Waals surface area contributed by atoms with E-state index in [2.05, 4.69) is 37.4 Å². The molecule has 0 aromatic rings. The van der Waals surface area contributed by atoms with Crippen LogP contribution >= 0.6 is 23.5 Å². The Morgan fingerprint density at radius 3 is 2.23 bits per heavy atom. The molecular weight excluding hydrogens is 308 g/mol. The van der Waals surface area contributed by atoms with E-state index in [4.69, 9.17) is 0 Å². The maximum Gasteiger partial charge on any atom is 0.0482 e. The topological polar surface area (TPSA) is 20.2 Å². The fraction of sp³-hybridized carbons (Fsp3) is 1.00. The van der Waals surface area contributed by atoms with Gasteiger partial charge in [-0.1, -0.05) is 33.1 Å². The van der Waals surface area contributed by atoms with Crippen LogP contribution in [0.1, 0.15) is 84.5 Å². The zero-order chi connectivity index (χ0) is 15.8. The van der Waals surface area contributed by atoms with Gasteiger partial charge in [-0.3, -0.25) is 0 Å². The first-order valence-corrected chi connectivity index (χ1v) is 11.5. The van der Waals surface area contributed by atoms with Gasteiger partial charge in [0.25, 0.3) is 0 Å². The molecule has 2 saturated heterocycles. The van der Waals surface area contributed by atoms with Crippen LogP contribution in [0.15, 0.2) is 0 Å². The van der Waals surface area contributed by atoms with E-state index in [1.54, 1.807) is 0 Å². The van der Waals surface area contributed by atoms with Crippen LogP contribution in [-0.2, 0) is 0 Å². The Hall–Kier alpha value is 0.660. The lowest BCUT2D eigenvalue weighted by Gasteiger charge is -2.21. The Morgan fingerprint density at radius 1 is 0.909 bits per heavy atom. The Labute approximate surface area is 146 Å². The van der Waals surface area contributed by atoms with Crippen LogP contribution < -0.4 is 0 Å². The molecule has 22 heavy (non-hydrogen) atoms. The number of hydrogen-bond acceptors (Lipinski definition) is 3. The highest BCUT2D eigenvalue weighted by atomic mass is 32.2. The normalized spacial score (nSPS) is 29.3. The summed E-state index contributed by atoms with van der Waals surface area (Å²) >= 11 is 4.52. The van der Waals surface area contributed by atoms with E-state index in [0.29, 0.717) is 6.61 Å². The summed E-state index contributed by atoms with van der Waals surface area (Å²) in [5.41, 5.74) is 0.129. The molecule has 2 heterocycles. The van der Waals surface area contributed by atoms with Gasteiger partial charge in [-0.25, -0.2) is 0 Å². The molecule has 2 rings (SSSR count). The van der Waals surface area contributed by atoms with Crippen molar-refractivity contribution in [2.75, 3.05) is 12.4 Å². The molecule has 2 aliphatic rings. The van der Waals surface area contributed by atoms with Crippen LogP contribution in [0.2, 0.25) is 0 Å². The molecular formula is C19H36OS2. The lowest BCUT2D eigenvalue weighted by Crippen LogP contribution is -2.16. The van der Waals surface area contributed by atoms with Crippen LogP contribution in [0.25, 0.3) is 0 Å². The van der Waals surface area contributed by atoms with Gasteiger partial charge in [0.05, 0.1) is 0 Å². The SMILES string of the molecule is CC(C)(CO)CCCCC1CCC(CCCC2CCCS2)S1. The van der Waals surface area contributed by atoms with Crippen molar-refractivity contribution in [3.8, 4) is 0 Å². The second-order valence-electron chi connectivity index (χ2n) is 8.09. The minimum absolute atomic E-state index is 0.129. The van der Waals surface area contributed by atoms with Crippen molar-refractivity contribution in [3.05, 3.63) is 0 Å². The number of aliphatic hydroxyl groups excluding tert-OH is 1. The number of aliphatic hydroxyl groups is 1. The third kappa shape index (κ3) is 7.05. The van der Waals surface area contributed by atoms with Gasteiger partial charge in [0.1, 0.15) is 0 Å². The highest BCUT2D eigenvalue weighted by Gasteiger charge is 2.25. The molecule has 0 aliphatic carbocycles. The summed E-state index contributed by atoms with van der Waals surface area (Å²) < 4.78 is 0. The molecule has 130 valence electrons. The maximum absolute atomic E-state index is 9.29. The van der Waals surface area contributed by atoms with Crippen LogP contribution in [0.5, 0.6) is 0 Å². The molecule has 3 atom stereocenters. The quantitative estimate of drug-likeness (QED) is 0.499. The fourth-order valence-corrected chi connectivity index (χ4v) is 6.73. The molecule has 3 unspecified atom stereocenters. The fourth-order valence-electron chi connectivity index (χ4n) is 3.70. The van der Waals surface area contributed by atoms with Crippen LogP contribution in [0.4, 0.5) is 0 Å². The van der Waals surface area contributed by atoms with E-state index in [0.717, 1.165) is 15.7 Å². The molecule has 0 aromatic carbocycles. The number of thioether (sulfide) groups is 2. The Balaban J connectivity index is 1.48. The number of rotatable bonds is 10. The predicted octanol–water partition coefficient (Wildman–Crippen LogP) is 5.90. The molecule has 0 aromatic heterocycles. The van der Waals surface area contributed by atoms with E-state index in [1.807, 2.05) is 0 Å². The Bertz CT molecular complexity index is 300. The van der Waals surface area contributed by atoms with Gasteiger partial charge in [-0.2, -0.15) is 23.5 Å². The first-order chi connectivity index (χ1) is 10.6. The van der Waals surface area contributed by atoms with E-state index >= 15 is 0 Å². The van der Waals surface area contributed by atoms with Crippen molar-refractivity contribution < 1.29 is 5.11 Å². The minimum Gasteiger partial charge on any atom is -0.396 e. The Morgan fingerprint density at radius 2 is 1.59 bits per heavy atom. The summed E-state index contributed by atoms with van der Waals surface area (Å²) in [6.07, 6.45) is 15.5. The van der Waals surface area contributed by atoms with E-state index in [9.17, 15) is 5.11 Å². The van der Waals surface area contributed by atoms with Gasteiger partial charge >= 0.3 is 0 Å². The van der Waals surface area contributed by atoms with E-state index in [1.165, 1.54) is 76.4 Å². The number of unbranched alkanes of at least 4 members (excludes halogenated alkanes) is 1. The van der Waals surface area contributed by atoms with Crippen molar-refractivity contribution >= 4 is 23.5 Å². The molecule has 0 amide bonds.